The summed E-state index contributed by atoms with van der Waals surface area (Å²) in [6.45, 7) is 8.65. The Balaban J connectivity index is 1.44. The number of nitrogens with one attached hydrogen (secondary N) is 1. The van der Waals surface area contributed by atoms with Gasteiger partial charge in [0.05, 0.1) is 5.52 Å². The minimum atomic E-state index is 0.879. The third kappa shape index (κ3) is 4.50. The van der Waals surface area contributed by atoms with Crippen molar-refractivity contribution in [2.24, 2.45) is 0 Å². The zero-order chi connectivity index (χ0) is 18.6. The number of rotatable bonds is 5. The van der Waals surface area contributed by atoms with E-state index in [-0.39, 0.29) is 0 Å². The Hall–Kier alpha value is -2.34. The molecular weight excluding hydrogens is 352 g/mol. The van der Waals surface area contributed by atoms with Crippen LogP contribution < -0.4 is 5.32 Å². The van der Waals surface area contributed by atoms with Crippen molar-refractivity contribution in [2.45, 2.75) is 4.90 Å². The summed E-state index contributed by atoms with van der Waals surface area (Å²) in [5.41, 5.74) is 3.97. The van der Waals surface area contributed by atoms with Crippen LogP contribution in [-0.2, 0) is 0 Å². The second kappa shape index (κ2) is 8.13. The molecule has 1 aliphatic heterocycles. The van der Waals surface area contributed by atoms with Crippen molar-refractivity contribution >= 4 is 34.2 Å². The quantitative estimate of drug-likeness (QED) is 0.659. The number of piperazine rings is 1. The number of likely N-dealkylation sites (N-methyl/N-ethyl adjacent to an activating group) is 1. The smallest absolute Gasteiger partial charge is 0.0708 e. The number of pyridine rings is 1. The van der Waals surface area contributed by atoms with Crippen LogP contribution in [0.2, 0.25) is 0 Å². The third-order valence-electron chi connectivity index (χ3n) is 4.78. The predicted molar refractivity (Wildman–Crippen MR) is 116 cm³/mol. The molecule has 2 aromatic carbocycles. The summed E-state index contributed by atoms with van der Waals surface area (Å²) >= 11 is 1.83. The monoisotopic (exact) mass is 376 g/mol. The highest BCUT2D eigenvalue weighted by Gasteiger charge is 2.14. The lowest BCUT2D eigenvalue weighted by molar-refractivity contribution is 0.233. The minimum absolute atomic E-state index is 0.879. The first-order chi connectivity index (χ1) is 13.2. The topological polar surface area (TPSA) is 31.4 Å². The lowest BCUT2D eigenvalue weighted by Gasteiger charge is -2.31. The van der Waals surface area contributed by atoms with E-state index in [1.165, 1.54) is 4.90 Å². The molecule has 0 radical (unpaired) electrons. The maximum Gasteiger partial charge on any atom is 0.0708 e. The molecule has 0 spiro atoms. The minimum Gasteiger partial charge on any atom is -0.355 e. The zero-order valence-electron chi connectivity index (χ0n) is 15.6. The second-order valence-electron chi connectivity index (χ2n) is 6.87. The van der Waals surface area contributed by atoms with Crippen LogP contribution in [0.15, 0.2) is 72.3 Å². The van der Waals surface area contributed by atoms with Gasteiger partial charge in [-0.1, -0.05) is 30.8 Å². The van der Waals surface area contributed by atoms with E-state index in [1.54, 1.807) is 0 Å². The molecule has 4 rings (SSSR count). The molecule has 27 heavy (non-hydrogen) atoms. The van der Waals surface area contributed by atoms with Crippen molar-refractivity contribution in [3.05, 3.63) is 72.9 Å². The molecule has 1 N–H and O–H groups in total. The van der Waals surface area contributed by atoms with E-state index < -0.39 is 0 Å². The van der Waals surface area contributed by atoms with Crippen molar-refractivity contribution in [1.82, 2.24) is 14.2 Å². The fourth-order valence-electron chi connectivity index (χ4n) is 3.16. The van der Waals surface area contributed by atoms with Gasteiger partial charge in [-0.2, -0.15) is 0 Å². The van der Waals surface area contributed by atoms with Crippen LogP contribution in [0, 0.1) is 0 Å². The van der Waals surface area contributed by atoms with Crippen LogP contribution in [0.3, 0.4) is 0 Å². The SMILES string of the molecule is C=C(Nc1cccc(SN2CCN(C)CC2)c1)c1ccc2cccnc2c1. The normalized spacial score (nSPS) is 15.7. The summed E-state index contributed by atoms with van der Waals surface area (Å²) in [5, 5.41) is 4.58. The Bertz CT molecular complexity index is 948. The van der Waals surface area contributed by atoms with Crippen LogP contribution >= 0.6 is 11.9 Å². The van der Waals surface area contributed by atoms with Gasteiger partial charge in [0.15, 0.2) is 0 Å². The highest BCUT2D eigenvalue weighted by atomic mass is 32.2. The molecule has 2 heterocycles. The van der Waals surface area contributed by atoms with E-state index in [9.17, 15) is 0 Å². The Morgan fingerprint density at radius 2 is 1.89 bits per heavy atom. The Morgan fingerprint density at radius 1 is 1.04 bits per heavy atom. The van der Waals surface area contributed by atoms with Gasteiger partial charge in [0.2, 0.25) is 0 Å². The summed E-state index contributed by atoms with van der Waals surface area (Å²) in [6.07, 6.45) is 1.82. The largest absolute Gasteiger partial charge is 0.355 e. The summed E-state index contributed by atoms with van der Waals surface area (Å²) in [6, 6.07) is 18.8. The van der Waals surface area contributed by atoms with Crippen LogP contribution in [0.1, 0.15) is 5.56 Å². The van der Waals surface area contributed by atoms with Gasteiger partial charge in [0.1, 0.15) is 0 Å². The number of anilines is 1. The van der Waals surface area contributed by atoms with Gasteiger partial charge in [-0.3, -0.25) is 4.98 Å². The van der Waals surface area contributed by atoms with Crippen molar-refractivity contribution in [3.63, 3.8) is 0 Å². The maximum absolute atomic E-state index is 4.43. The lowest BCUT2D eigenvalue weighted by atomic mass is 10.1. The lowest BCUT2D eigenvalue weighted by Crippen LogP contribution is -2.40. The van der Waals surface area contributed by atoms with Crippen LogP contribution in [0.4, 0.5) is 5.69 Å². The number of benzene rings is 2. The first-order valence-corrected chi connectivity index (χ1v) is 9.97. The Labute approximate surface area is 165 Å². The average Bonchev–Trinajstić information content (AvgIpc) is 2.69. The molecule has 1 saturated heterocycles. The highest BCUT2D eigenvalue weighted by Crippen LogP contribution is 2.28. The molecule has 3 aromatic rings. The van der Waals surface area contributed by atoms with Gasteiger partial charge in [-0.05, 0) is 54.9 Å². The van der Waals surface area contributed by atoms with Gasteiger partial charge < -0.3 is 10.2 Å². The molecule has 0 atom stereocenters. The molecule has 0 aliphatic carbocycles. The molecule has 1 fully saturated rings. The number of nitrogens with zero attached hydrogens (tertiary/aromatic N) is 3. The predicted octanol–water partition coefficient (Wildman–Crippen LogP) is 4.57. The fourth-order valence-corrected chi connectivity index (χ4v) is 4.12. The zero-order valence-corrected chi connectivity index (χ0v) is 16.4. The van der Waals surface area contributed by atoms with Crippen LogP contribution in [0.5, 0.6) is 0 Å². The van der Waals surface area contributed by atoms with Gasteiger partial charge in [0.25, 0.3) is 0 Å². The van der Waals surface area contributed by atoms with E-state index in [0.29, 0.717) is 0 Å². The Morgan fingerprint density at radius 3 is 2.74 bits per heavy atom. The van der Waals surface area contributed by atoms with Crippen molar-refractivity contribution in [1.29, 1.82) is 0 Å². The number of hydrogen-bond donors (Lipinski definition) is 1. The van der Waals surface area contributed by atoms with Crippen molar-refractivity contribution < 1.29 is 0 Å². The van der Waals surface area contributed by atoms with E-state index in [2.05, 4.69) is 81.7 Å². The molecule has 0 amide bonds. The molecule has 0 saturated carbocycles. The third-order valence-corrected chi connectivity index (χ3v) is 5.87. The number of hydrogen-bond acceptors (Lipinski definition) is 5. The first-order valence-electron chi connectivity index (χ1n) is 9.20. The van der Waals surface area contributed by atoms with E-state index >= 15 is 0 Å². The number of aromatic nitrogens is 1. The molecule has 0 unspecified atom stereocenters. The summed E-state index contributed by atoms with van der Waals surface area (Å²) < 4.78 is 2.43. The number of fused-ring (bicyclic) bond motifs is 1. The van der Waals surface area contributed by atoms with Gasteiger partial charge in [0, 0.05) is 54.0 Å². The molecule has 5 heteroatoms. The summed E-state index contributed by atoms with van der Waals surface area (Å²) in [5.74, 6) is 0. The molecule has 138 valence electrons. The van der Waals surface area contributed by atoms with Crippen molar-refractivity contribution in [2.75, 3.05) is 38.5 Å². The summed E-state index contributed by atoms with van der Waals surface area (Å²) in [4.78, 5) is 8.05. The molecule has 1 aromatic heterocycles. The second-order valence-corrected chi connectivity index (χ2v) is 8.04. The van der Waals surface area contributed by atoms with E-state index in [0.717, 1.165) is 54.0 Å². The van der Waals surface area contributed by atoms with Gasteiger partial charge in [-0.25, -0.2) is 4.31 Å². The molecular formula is C22H24N4S. The summed E-state index contributed by atoms with van der Waals surface area (Å²) in [7, 11) is 2.18. The maximum atomic E-state index is 4.43. The molecule has 1 aliphatic rings. The van der Waals surface area contributed by atoms with Crippen LogP contribution in [-0.4, -0.2) is 47.4 Å². The van der Waals surface area contributed by atoms with Crippen molar-refractivity contribution in [3.8, 4) is 0 Å². The molecule has 4 nitrogen and oxygen atoms in total. The fraction of sp³-hybridized carbons (Fsp3) is 0.227. The van der Waals surface area contributed by atoms with E-state index in [1.807, 2.05) is 24.2 Å². The van der Waals surface area contributed by atoms with Gasteiger partial charge >= 0.3 is 0 Å². The molecule has 0 bridgehead atoms. The standard InChI is InChI=1S/C22H24N4S/c1-17(19-9-8-18-5-4-10-23-22(18)15-19)24-20-6-3-7-21(16-20)27-26-13-11-25(2)12-14-26/h3-10,15-16,24H,1,11-14H2,2H3. The van der Waals surface area contributed by atoms with E-state index in [4.69, 9.17) is 0 Å². The van der Waals surface area contributed by atoms with Crippen LogP contribution in [0.25, 0.3) is 16.6 Å². The highest BCUT2D eigenvalue weighted by molar-refractivity contribution is 7.97. The van der Waals surface area contributed by atoms with Gasteiger partial charge in [-0.15, -0.1) is 0 Å². The first kappa shape index (κ1) is 18.0. The Kier molecular flexibility index (Phi) is 5.43. The average molecular weight is 377 g/mol.